The maximum Gasteiger partial charge on any atom is 0.257 e. The van der Waals surface area contributed by atoms with Crippen LogP contribution in [0.15, 0.2) is 0 Å². The van der Waals surface area contributed by atoms with E-state index in [1.807, 2.05) is 0 Å². The van der Waals surface area contributed by atoms with Crippen LogP contribution < -0.4 is 16.4 Å². The molecule has 1 aromatic rings. The molecule has 0 aliphatic heterocycles. The highest BCUT2D eigenvalue weighted by molar-refractivity contribution is 7.11. The monoisotopic (exact) mass is 310 g/mol. The molecule has 1 amide bonds. The zero-order chi connectivity index (χ0) is 15.5. The predicted molar refractivity (Wildman–Crippen MR) is 88.8 cm³/mol. The lowest BCUT2D eigenvalue weighted by atomic mass is 9.78. The second-order valence-corrected chi connectivity index (χ2v) is 7.28. The Labute approximate surface area is 130 Å². The van der Waals surface area contributed by atoms with Gasteiger partial charge in [0.05, 0.1) is 0 Å². The standard InChI is InChI=1S/C15H26N4OS/c1-10(2)8-15(6-4-5-7-15)9-18-14-11(13(20)17-3)12(16)19-21-14/h10,18H,4-9H2,1-3H3,(H2,16,19)(H,17,20). The highest BCUT2D eigenvalue weighted by Crippen LogP contribution is 2.43. The highest BCUT2D eigenvalue weighted by atomic mass is 32.1. The van der Waals surface area contributed by atoms with Gasteiger partial charge in [0, 0.05) is 13.6 Å². The van der Waals surface area contributed by atoms with Crippen molar-refractivity contribution >= 4 is 28.3 Å². The Balaban J connectivity index is 2.10. The number of hydrogen-bond acceptors (Lipinski definition) is 5. The Kier molecular flexibility index (Phi) is 5.08. The maximum atomic E-state index is 11.9. The molecule has 0 radical (unpaired) electrons. The van der Waals surface area contributed by atoms with Crippen molar-refractivity contribution in [2.45, 2.75) is 46.0 Å². The van der Waals surface area contributed by atoms with Crippen LogP contribution in [0.4, 0.5) is 10.8 Å². The van der Waals surface area contributed by atoms with Crippen LogP contribution in [0.1, 0.15) is 56.3 Å². The topological polar surface area (TPSA) is 80.0 Å². The Morgan fingerprint density at radius 3 is 2.67 bits per heavy atom. The third-order valence-electron chi connectivity index (χ3n) is 4.30. The molecule has 1 aliphatic rings. The van der Waals surface area contributed by atoms with E-state index in [9.17, 15) is 4.79 Å². The average molecular weight is 310 g/mol. The number of hydrogen-bond donors (Lipinski definition) is 3. The van der Waals surface area contributed by atoms with Crippen molar-refractivity contribution in [1.29, 1.82) is 0 Å². The van der Waals surface area contributed by atoms with E-state index >= 15 is 0 Å². The van der Waals surface area contributed by atoms with Gasteiger partial charge in [-0.3, -0.25) is 4.79 Å². The van der Waals surface area contributed by atoms with Crippen LogP contribution in [0, 0.1) is 11.3 Å². The zero-order valence-electron chi connectivity index (χ0n) is 13.2. The van der Waals surface area contributed by atoms with E-state index in [0.29, 0.717) is 22.7 Å². The van der Waals surface area contributed by atoms with Gasteiger partial charge in [-0.1, -0.05) is 26.7 Å². The lowest BCUT2D eigenvalue weighted by molar-refractivity contribution is 0.0965. The molecule has 1 aliphatic carbocycles. The molecule has 5 nitrogen and oxygen atoms in total. The number of rotatable bonds is 6. The number of nitrogens with one attached hydrogen (secondary N) is 2. The first-order valence-corrected chi connectivity index (χ1v) is 8.46. The second kappa shape index (κ2) is 6.64. The summed E-state index contributed by atoms with van der Waals surface area (Å²) in [4.78, 5) is 11.9. The third kappa shape index (κ3) is 3.67. The van der Waals surface area contributed by atoms with Crippen molar-refractivity contribution in [1.82, 2.24) is 9.69 Å². The number of carbonyl (C=O) groups is 1. The molecular weight excluding hydrogens is 284 g/mol. The number of aromatic nitrogens is 1. The van der Waals surface area contributed by atoms with Crippen LogP contribution in [-0.4, -0.2) is 23.9 Å². The van der Waals surface area contributed by atoms with Gasteiger partial charge >= 0.3 is 0 Å². The number of nitrogens with zero attached hydrogens (tertiary/aromatic N) is 1. The van der Waals surface area contributed by atoms with Crippen LogP contribution in [0.2, 0.25) is 0 Å². The summed E-state index contributed by atoms with van der Waals surface area (Å²) in [6.45, 7) is 5.46. The summed E-state index contributed by atoms with van der Waals surface area (Å²) in [6, 6.07) is 0. The molecular formula is C15H26N4OS. The van der Waals surface area contributed by atoms with Gasteiger partial charge in [0.25, 0.3) is 5.91 Å². The summed E-state index contributed by atoms with van der Waals surface area (Å²) < 4.78 is 4.11. The molecule has 21 heavy (non-hydrogen) atoms. The summed E-state index contributed by atoms with van der Waals surface area (Å²) in [6.07, 6.45) is 6.37. The van der Waals surface area contributed by atoms with E-state index in [4.69, 9.17) is 5.73 Å². The molecule has 0 unspecified atom stereocenters. The van der Waals surface area contributed by atoms with E-state index < -0.39 is 0 Å². The number of amides is 1. The van der Waals surface area contributed by atoms with E-state index in [1.54, 1.807) is 7.05 Å². The third-order valence-corrected chi connectivity index (χ3v) is 5.12. The highest BCUT2D eigenvalue weighted by Gasteiger charge is 2.34. The normalized spacial score (nSPS) is 17.1. The minimum absolute atomic E-state index is 0.173. The van der Waals surface area contributed by atoms with Gasteiger partial charge in [-0.2, -0.15) is 4.37 Å². The van der Waals surface area contributed by atoms with E-state index in [1.165, 1.54) is 43.6 Å². The van der Waals surface area contributed by atoms with Crippen LogP contribution in [-0.2, 0) is 0 Å². The Hall–Kier alpha value is -1.30. The molecule has 1 saturated carbocycles. The van der Waals surface area contributed by atoms with Crippen molar-refractivity contribution in [3.05, 3.63) is 5.56 Å². The fourth-order valence-electron chi connectivity index (χ4n) is 3.48. The molecule has 0 saturated heterocycles. The Morgan fingerprint density at radius 2 is 2.10 bits per heavy atom. The SMILES string of the molecule is CNC(=O)c1c(N)nsc1NCC1(CC(C)C)CCCC1. The molecule has 118 valence electrons. The van der Waals surface area contributed by atoms with Crippen molar-refractivity contribution in [2.24, 2.45) is 11.3 Å². The molecule has 4 N–H and O–H groups in total. The van der Waals surface area contributed by atoms with Crippen molar-refractivity contribution in [2.75, 3.05) is 24.6 Å². The van der Waals surface area contributed by atoms with Crippen molar-refractivity contribution in [3.63, 3.8) is 0 Å². The number of anilines is 2. The molecule has 6 heteroatoms. The van der Waals surface area contributed by atoms with Crippen molar-refractivity contribution < 1.29 is 4.79 Å². The van der Waals surface area contributed by atoms with Crippen LogP contribution in [0.25, 0.3) is 0 Å². The van der Waals surface area contributed by atoms with Gasteiger partial charge in [0.2, 0.25) is 0 Å². The molecule has 2 rings (SSSR count). The molecule has 1 fully saturated rings. The molecule has 0 atom stereocenters. The van der Waals surface area contributed by atoms with Gasteiger partial charge in [0.1, 0.15) is 10.6 Å². The van der Waals surface area contributed by atoms with Crippen LogP contribution in [0.3, 0.4) is 0 Å². The summed E-state index contributed by atoms with van der Waals surface area (Å²) in [5.41, 5.74) is 6.65. The average Bonchev–Trinajstić information content (AvgIpc) is 3.02. The van der Waals surface area contributed by atoms with Gasteiger partial charge < -0.3 is 16.4 Å². The van der Waals surface area contributed by atoms with Crippen LogP contribution in [0.5, 0.6) is 0 Å². The van der Waals surface area contributed by atoms with E-state index in [-0.39, 0.29) is 5.91 Å². The van der Waals surface area contributed by atoms with Gasteiger partial charge in [-0.15, -0.1) is 0 Å². The second-order valence-electron chi connectivity index (χ2n) is 6.51. The number of carbonyl (C=O) groups excluding carboxylic acids is 1. The van der Waals surface area contributed by atoms with E-state index in [2.05, 4.69) is 28.9 Å². The van der Waals surface area contributed by atoms with Crippen LogP contribution >= 0.6 is 11.5 Å². The summed E-state index contributed by atoms with van der Waals surface area (Å²) in [7, 11) is 1.61. The quantitative estimate of drug-likeness (QED) is 0.754. The first kappa shape index (κ1) is 16.1. The molecule has 1 heterocycles. The first-order valence-electron chi connectivity index (χ1n) is 7.68. The zero-order valence-corrected chi connectivity index (χ0v) is 14.0. The van der Waals surface area contributed by atoms with Crippen molar-refractivity contribution in [3.8, 4) is 0 Å². The smallest absolute Gasteiger partial charge is 0.257 e. The van der Waals surface area contributed by atoms with Gasteiger partial charge in [0.15, 0.2) is 5.82 Å². The Bertz CT molecular complexity index is 492. The summed E-state index contributed by atoms with van der Waals surface area (Å²) >= 11 is 1.27. The minimum Gasteiger partial charge on any atom is -0.382 e. The number of nitrogens with two attached hydrogens (primary N) is 1. The fourth-order valence-corrected chi connectivity index (χ4v) is 4.19. The minimum atomic E-state index is -0.173. The first-order chi connectivity index (χ1) is 9.97. The lowest BCUT2D eigenvalue weighted by Gasteiger charge is -2.31. The lowest BCUT2D eigenvalue weighted by Crippen LogP contribution is -2.29. The molecule has 0 aromatic carbocycles. The molecule has 0 spiro atoms. The number of nitrogen functional groups attached to an aromatic ring is 1. The Morgan fingerprint density at radius 1 is 1.43 bits per heavy atom. The largest absolute Gasteiger partial charge is 0.382 e. The summed E-state index contributed by atoms with van der Waals surface area (Å²) in [5.74, 6) is 0.828. The fraction of sp³-hybridized carbons (Fsp3) is 0.733. The van der Waals surface area contributed by atoms with E-state index in [0.717, 1.165) is 11.5 Å². The summed E-state index contributed by atoms with van der Waals surface area (Å²) in [5, 5.41) is 6.87. The van der Waals surface area contributed by atoms with Gasteiger partial charge in [-0.25, -0.2) is 0 Å². The maximum absolute atomic E-state index is 11.9. The van der Waals surface area contributed by atoms with Gasteiger partial charge in [-0.05, 0) is 42.1 Å². The predicted octanol–water partition coefficient (Wildman–Crippen LogP) is 3.10. The molecule has 1 aromatic heterocycles. The molecule has 0 bridgehead atoms.